The van der Waals surface area contributed by atoms with Gasteiger partial charge in [-0.25, -0.2) is 13.4 Å². The third kappa shape index (κ3) is 3.47. The van der Waals surface area contributed by atoms with E-state index in [1.54, 1.807) is 25.3 Å². The molecule has 0 aliphatic heterocycles. The number of anilines is 1. The number of halogens is 1. The van der Waals surface area contributed by atoms with Gasteiger partial charge >= 0.3 is 0 Å². The van der Waals surface area contributed by atoms with Crippen LogP contribution in [0.15, 0.2) is 47.4 Å². The van der Waals surface area contributed by atoms with E-state index in [0.717, 1.165) is 11.0 Å². The van der Waals surface area contributed by atoms with E-state index >= 15 is 0 Å². The molecular formula is C15H14ClN3O3S. The molecule has 8 heteroatoms. The van der Waals surface area contributed by atoms with Gasteiger partial charge in [0.15, 0.2) is 0 Å². The fourth-order valence-electron chi connectivity index (χ4n) is 2.16. The lowest BCUT2D eigenvalue weighted by Crippen LogP contribution is -2.12. The molecule has 0 bridgehead atoms. The average molecular weight is 352 g/mol. The smallest absolute Gasteiger partial charge is 0.261 e. The van der Waals surface area contributed by atoms with Crippen molar-refractivity contribution in [1.29, 1.82) is 0 Å². The third-order valence-corrected chi connectivity index (χ3v) is 4.84. The second-order valence-corrected chi connectivity index (χ2v) is 7.03. The quantitative estimate of drug-likeness (QED) is 0.739. The molecule has 0 radical (unpaired) electrons. The zero-order valence-corrected chi connectivity index (χ0v) is 13.8. The van der Waals surface area contributed by atoms with Crippen LogP contribution in [-0.4, -0.2) is 25.5 Å². The standard InChI is InChI=1S/C15H14ClN3O3S/c1-22-9-15-17-13-7-4-11(8-14(13)18-15)19-23(20,21)12-5-2-10(16)3-6-12/h2-8,19H,9H2,1H3,(H,17,18). The summed E-state index contributed by atoms with van der Waals surface area (Å²) < 4.78 is 32.3. The number of rotatable bonds is 5. The van der Waals surface area contributed by atoms with Crippen LogP contribution in [0, 0.1) is 0 Å². The Morgan fingerprint density at radius 2 is 1.96 bits per heavy atom. The number of methoxy groups -OCH3 is 1. The predicted octanol–water partition coefficient (Wildman–Crippen LogP) is 3.16. The minimum Gasteiger partial charge on any atom is -0.377 e. The number of nitrogens with zero attached hydrogens (tertiary/aromatic N) is 1. The van der Waals surface area contributed by atoms with Gasteiger partial charge in [0, 0.05) is 12.1 Å². The van der Waals surface area contributed by atoms with Gasteiger partial charge in [-0.15, -0.1) is 0 Å². The van der Waals surface area contributed by atoms with Crippen molar-refractivity contribution in [3.05, 3.63) is 53.3 Å². The van der Waals surface area contributed by atoms with E-state index in [2.05, 4.69) is 14.7 Å². The first-order valence-electron chi connectivity index (χ1n) is 6.74. The predicted molar refractivity (Wildman–Crippen MR) is 89.1 cm³/mol. The van der Waals surface area contributed by atoms with Crippen LogP contribution in [0.4, 0.5) is 5.69 Å². The van der Waals surface area contributed by atoms with E-state index in [4.69, 9.17) is 16.3 Å². The Balaban J connectivity index is 1.89. The highest BCUT2D eigenvalue weighted by Gasteiger charge is 2.14. The van der Waals surface area contributed by atoms with E-state index in [1.165, 1.54) is 24.3 Å². The number of fused-ring (bicyclic) bond motifs is 1. The van der Waals surface area contributed by atoms with Crippen molar-refractivity contribution < 1.29 is 13.2 Å². The van der Waals surface area contributed by atoms with Gasteiger partial charge in [-0.2, -0.15) is 0 Å². The third-order valence-electron chi connectivity index (χ3n) is 3.19. The van der Waals surface area contributed by atoms with Crippen LogP contribution in [0.3, 0.4) is 0 Å². The van der Waals surface area contributed by atoms with E-state index in [1.807, 2.05) is 0 Å². The van der Waals surface area contributed by atoms with Gasteiger partial charge in [0.25, 0.3) is 10.0 Å². The van der Waals surface area contributed by atoms with Crippen LogP contribution >= 0.6 is 11.6 Å². The van der Waals surface area contributed by atoms with Gasteiger partial charge in [-0.3, -0.25) is 4.72 Å². The van der Waals surface area contributed by atoms with Crippen LogP contribution in [-0.2, 0) is 21.4 Å². The number of benzene rings is 2. The Hall–Kier alpha value is -2.09. The normalized spacial score (nSPS) is 11.7. The number of hydrogen-bond donors (Lipinski definition) is 2. The number of nitrogens with one attached hydrogen (secondary N) is 2. The molecule has 2 N–H and O–H groups in total. The van der Waals surface area contributed by atoms with Crippen LogP contribution in [0.2, 0.25) is 5.02 Å². The number of hydrogen-bond acceptors (Lipinski definition) is 4. The molecule has 0 saturated carbocycles. The summed E-state index contributed by atoms with van der Waals surface area (Å²) in [6, 6.07) is 11.1. The largest absolute Gasteiger partial charge is 0.377 e. The Labute approximate surface area is 138 Å². The molecule has 0 atom stereocenters. The SMILES string of the molecule is COCc1nc2ccc(NS(=O)(=O)c3ccc(Cl)cc3)cc2[nH]1. The van der Waals surface area contributed by atoms with E-state index < -0.39 is 10.0 Å². The van der Waals surface area contributed by atoms with Crippen molar-refractivity contribution in [2.45, 2.75) is 11.5 Å². The van der Waals surface area contributed by atoms with E-state index in [0.29, 0.717) is 23.1 Å². The molecule has 0 saturated heterocycles. The molecule has 0 unspecified atom stereocenters. The fraction of sp³-hybridized carbons (Fsp3) is 0.133. The molecule has 6 nitrogen and oxygen atoms in total. The summed E-state index contributed by atoms with van der Waals surface area (Å²) in [6.45, 7) is 0.362. The first-order valence-corrected chi connectivity index (χ1v) is 8.60. The highest BCUT2D eigenvalue weighted by molar-refractivity contribution is 7.92. The monoisotopic (exact) mass is 351 g/mol. The number of imidazole rings is 1. The van der Waals surface area contributed by atoms with Crippen LogP contribution < -0.4 is 4.72 Å². The molecule has 3 aromatic rings. The van der Waals surface area contributed by atoms with Crippen molar-refractivity contribution in [2.75, 3.05) is 11.8 Å². The van der Waals surface area contributed by atoms with Crippen LogP contribution in [0.25, 0.3) is 11.0 Å². The molecule has 3 rings (SSSR count). The Morgan fingerprint density at radius 3 is 2.65 bits per heavy atom. The number of aromatic amines is 1. The lowest BCUT2D eigenvalue weighted by atomic mass is 10.3. The molecule has 23 heavy (non-hydrogen) atoms. The van der Waals surface area contributed by atoms with Crippen molar-refractivity contribution in [1.82, 2.24) is 9.97 Å². The molecule has 0 fully saturated rings. The molecule has 1 aromatic heterocycles. The highest BCUT2D eigenvalue weighted by Crippen LogP contribution is 2.21. The number of ether oxygens (including phenoxy) is 1. The van der Waals surface area contributed by atoms with Crippen LogP contribution in [0.1, 0.15) is 5.82 Å². The molecule has 0 aliphatic carbocycles. The van der Waals surface area contributed by atoms with Crippen molar-refractivity contribution >= 4 is 38.3 Å². The molecule has 0 amide bonds. The molecule has 2 aromatic carbocycles. The lowest BCUT2D eigenvalue weighted by Gasteiger charge is -2.08. The van der Waals surface area contributed by atoms with Gasteiger partial charge in [0.05, 0.1) is 21.6 Å². The molecule has 1 heterocycles. The van der Waals surface area contributed by atoms with Crippen molar-refractivity contribution in [3.8, 4) is 0 Å². The van der Waals surface area contributed by atoms with Gasteiger partial charge in [-0.05, 0) is 42.5 Å². The maximum atomic E-state index is 12.4. The second-order valence-electron chi connectivity index (χ2n) is 4.91. The number of sulfonamides is 1. The summed E-state index contributed by atoms with van der Waals surface area (Å²) in [5.74, 6) is 0.681. The van der Waals surface area contributed by atoms with Crippen molar-refractivity contribution in [3.63, 3.8) is 0 Å². The number of H-pyrrole nitrogens is 1. The number of aromatic nitrogens is 2. The van der Waals surface area contributed by atoms with E-state index in [-0.39, 0.29) is 4.90 Å². The summed E-state index contributed by atoms with van der Waals surface area (Å²) in [5, 5.41) is 0.480. The topological polar surface area (TPSA) is 84.1 Å². The zero-order valence-electron chi connectivity index (χ0n) is 12.2. The molecule has 0 spiro atoms. The molecule has 0 aliphatic rings. The van der Waals surface area contributed by atoms with Gasteiger partial charge in [0.1, 0.15) is 12.4 Å². The zero-order chi connectivity index (χ0) is 16.4. The Bertz CT molecular complexity index is 936. The minimum absolute atomic E-state index is 0.145. The minimum atomic E-state index is -3.67. The Kier molecular flexibility index (Phi) is 4.25. The summed E-state index contributed by atoms with van der Waals surface area (Å²) in [4.78, 5) is 7.56. The highest BCUT2D eigenvalue weighted by atomic mass is 35.5. The average Bonchev–Trinajstić information content (AvgIpc) is 2.89. The first-order chi connectivity index (χ1) is 11.0. The summed E-state index contributed by atoms with van der Waals surface area (Å²) in [7, 11) is -2.09. The fourth-order valence-corrected chi connectivity index (χ4v) is 3.33. The lowest BCUT2D eigenvalue weighted by molar-refractivity contribution is 0.179. The summed E-state index contributed by atoms with van der Waals surface area (Å²) >= 11 is 5.78. The van der Waals surface area contributed by atoms with Crippen molar-refractivity contribution in [2.24, 2.45) is 0 Å². The molecular weight excluding hydrogens is 338 g/mol. The van der Waals surface area contributed by atoms with Gasteiger partial charge in [-0.1, -0.05) is 11.6 Å². The maximum Gasteiger partial charge on any atom is 0.261 e. The maximum absolute atomic E-state index is 12.4. The summed E-state index contributed by atoms with van der Waals surface area (Å²) in [5.41, 5.74) is 1.92. The molecule has 120 valence electrons. The second kappa shape index (κ2) is 6.19. The van der Waals surface area contributed by atoms with Crippen LogP contribution in [0.5, 0.6) is 0 Å². The first kappa shape index (κ1) is 15.8. The summed E-state index contributed by atoms with van der Waals surface area (Å²) in [6.07, 6.45) is 0. The van der Waals surface area contributed by atoms with Gasteiger partial charge < -0.3 is 9.72 Å². The van der Waals surface area contributed by atoms with E-state index in [9.17, 15) is 8.42 Å². The van der Waals surface area contributed by atoms with Gasteiger partial charge in [0.2, 0.25) is 0 Å². The Morgan fingerprint density at radius 1 is 1.22 bits per heavy atom.